The summed E-state index contributed by atoms with van der Waals surface area (Å²) in [7, 11) is 0. The van der Waals surface area contributed by atoms with Crippen LogP contribution in [0.1, 0.15) is 13.3 Å². The van der Waals surface area contributed by atoms with E-state index < -0.39 is 0 Å². The van der Waals surface area contributed by atoms with Crippen LogP contribution in [-0.4, -0.2) is 33.3 Å². The second-order valence-electron chi connectivity index (χ2n) is 2.48. The fourth-order valence-electron chi connectivity index (χ4n) is 0.854. The Balaban J connectivity index is 2.24. The van der Waals surface area contributed by atoms with Gasteiger partial charge >= 0.3 is 0 Å². The van der Waals surface area contributed by atoms with Gasteiger partial charge in [-0.15, -0.1) is 0 Å². The molecular weight excluding hydrogens is 174 g/mol. The van der Waals surface area contributed by atoms with E-state index in [1.807, 2.05) is 0 Å². The highest BCUT2D eigenvalue weighted by Crippen LogP contribution is 1.81. The van der Waals surface area contributed by atoms with Crippen LogP contribution in [0.15, 0.2) is 0 Å². The number of nitrogens with one attached hydrogen (secondary N) is 2. The first-order valence-corrected chi connectivity index (χ1v) is 4.44. The molecule has 0 aliphatic heterocycles. The van der Waals surface area contributed by atoms with E-state index in [-0.39, 0.29) is 0 Å². The van der Waals surface area contributed by atoms with Crippen molar-refractivity contribution in [3.8, 4) is 0 Å². The Morgan fingerprint density at radius 3 is 3.00 bits per heavy atom. The van der Waals surface area contributed by atoms with Crippen LogP contribution in [0.25, 0.3) is 0 Å². The Bertz CT molecular complexity index is 265. The van der Waals surface area contributed by atoms with E-state index in [4.69, 9.17) is 12.2 Å². The first kappa shape index (κ1) is 9.34. The Hall–Kier alpha value is -0.750. The van der Waals surface area contributed by atoms with Gasteiger partial charge in [0.2, 0.25) is 4.77 Å². The van der Waals surface area contributed by atoms with Crippen LogP contribution in [0.5, 0.6) is 0 Å². The van der Waals surface area contributed by atoms with E-state index in [1.54, 1.807) is 4.68 Å². The number of nitrogens with zero attached hydrogens (tertiary/aromatic N) is 3. The van der Waals surface area contributed by atoms with Gasteiger partial charge < -0.3 is 5.32 Å². The molecule has 6 heteroatoms. The summed E-state index contributed by atoms with van der Waals surface area (Å²) in [5, 5.41) is 13.2. The summed E-state index contributed by atoms with van der Waals surface area (Å²) < 4.78 is 2.24. The highest BCUT2D eigenvalue weighted by atomic mass is 32.1. The summed E-state index contributed by atoms with van der Waals surface area (Å²) in [5.41, 5.74) is 0. The van der Waals surface area contributed by atoms with Gasteiger partial charge in [0.15, 0.2) is 0 Å². The third-order valence-electron chi connectivity index (χ3n) is 1.47. The van der Waals surface area contributed by atoms with Crippen LogP contribution in [0.3, 0.4) is 0 Å². The van der Waals surface area contributed by atoms with Crippen LogP contribution in [0, 0.1) is 4.77 Å². The molecule has 0 fully saturated rings. The Labute approximate surface area is 76.1 Å². The number of aromatic nitrogens is 4. The van der Waals surface area contributed by atoms with Gasteiger partial charge in [0, 0.05) is 6.54 Å². The third kappa shape index (κ3) is 2.71. The minimum atomic E-state index is 0.508. The van der Waals surface area contributed by atoms with Crippen LogP contribution in [0.4, 0.5) is 0 Å². The number of tetrazole rings is 1. The molecule has 0 amide bonds. The first-order valence-electron chi connectivity index (χ1n) is 4.03. The molecule has 0 spiro atoms. The molecule has 1 aromatic rings. The zero-order chi connectivity index (χ0) is 8.81. The molecule has 68 valence electrons. The number of hydrogen-bond acceptors (Lipinski definition) is 4. The van der Waals surface area contributed by atoms with Crippen molar-refractivity contribution in [1.29, 1.82) is 0 Å². The van der Waals surface area contributed by atoms with E-state index in [0.29, 0.717) is 4.77 Å². The van der Waals surface area contributed by atoms with Gasteiger partial charge in [-0.3, -0.25) is 0 Å². The summed E-state index contributed by atoms with van der Waals surface area (Å²) in [4.78, 5) is 0. The van der Waals surface area contributed by atoms with Crippen molar-refractivity contribution in [3.05, 3.63) is 4.77 Å². The summed E-state index contributed by atoms with van der Waals surface area (Å²) in [6.07, 6.45) is 1.15. The van der Waals surface area contributed by atoms with Gasteiger partial charge in [0.25, 0.3) is 0 Å². The molecule has 0 bridgehead atoms. The second-order valence-corrected chi connectivity index (χ2v) is 2.85. The average molecular weight is 187 g/mol. The largest absolute Gasteiger partial charge is 0.315 e. The molecule has 0 aliphatic rings. The van der Waals surface area contributed by atoms with Crippen molar-refractivity contribution in [1.82, 2.24) is 25.5 Å². The lowest BCUT2D eigenvalue weighted by molar-refractivity contribution is 0.535. The lowest BCUT2D eigenvalue weighted by Gasteiger charge is -2.01. The van der Waals surface area contributed by atoms with Gasteiger partial charge in [-0.2, -0.15) is 5.21 Å². The molecule has 2 N–H and O–H groups in total. The molecule has 12 heavy (non-hydrogen) atoms. The minimum absolute atomic E-state index is 0.508. The van der Waals surface area contributed by atoms with Crippen LogP contribution in [0.2, 0.25) is 0 Å². The average Bonchev–Trinajstić information content (AvgIpc) is 2.46. The molecule has 0 atom stereocenters. The standard InChI is InChI=1S/C6H13N5S/c1-2-3-7-4-5-11-6(12)8-9-10-11/h7H,2-5H2,1H3,(H,8,10,12). The van der Waals surface area contributed by atoms with Gasteiger partial charge in [-0.25, -0.2) is 4.68 Å². The van der Waals surface area contributed by atoms with Gasteiger partial charge in [-0.05, 0) is 25.2 Å². The van der Waals surface area contributed by atoms with Crippen LogP contribution >= 0.6 is 12.2 Å². The normalized spacial score (nSPS) is 10.4. The summed E-state index contributed by atoms with van der Waals surface area (Å²) in [5.74, 6) is 0. The third-order valence-corrected chi connectivity index (χ3v) is 1.77. The van der Waals surface area contributed by atoms with Crippen molar-refractivity contribution < 1.29 is 0 Å². The lowest BCUT2D eigenvalue weighted by atomic mass is 10.5. The minimum Gasteiger partial charge on any atom is -0.315 e. The predicted octanol–water partition coefficient (Wildman–Crippen LogP) is 0.335. The van der Waals surface area contributed by atoms with Crippen molar-refractivity contribution in [2.75, 3.05) is 13.1 Å². The zero-order valence-electron chi connectivity index (χ0n) is 7.08. The number of H-pyrrole nitrogens is 1. The van der Waals surface area contributed by atoms with E-state index in [1.165, 1.54) is 0 Å². The van der Waals surface area contributed by atoms with Crippen molar-refractivity contribution in [2.24, 2.45) is 0 Å². The van der Waals surface area contributed by atoms with Gasteiger partial charge in [-0.1, -0.05) is 17.2 Å². The van der Waals surface area contributed by atoms with E-state index in [0.717, 1.165) is 26.1 Å². The molecule has 1 aromatic heterocycles. The van der Waals surface area contributed by atoms with Crippen LogP contribution in [-0.2, 0) is 6.54 Å². The molecule has 0 saturated heterocycles. The van der Waals surface area contributed by atoms with E-state index >= 15 is 0 Å². The Kier molecular flexibility index (Phi) is 3.89. The van der Waals surface area contributed by atoms with Crippen LogP contribution < -0.4 is 5.32 Å². The number of aromatic amines is 1. The lowest BCUT2D eigenvalue weighted by Crippen LogP contribution is -2.21. The maximum absolute atomic E-state index is 4.89. The monoisotopic (exact) mass is 187 g/mol. The molecular formula is C6H13N5S. The molecule has 1 rings (SSSR count). The molecule has 5 nitrogen and oxygen atoms in total. The summed E-state index contributed by atoms with van der Waals surface area (Å²) in [6, 6.07) is 0. The maximum Gasteiger partial charge on any atom is 0.238 e. The number of hydrogen-bond donors (Lipinski definition) is 2. The van der Waals surface area contributed by atoms with E-state index in [2.05, 4.69) is 27.8 Å². The first-order chi connectivity index (χ1) is 5.84. The molecule has 0 aromatic carbocycles. The van der Waals surface area contributed by atoms with Crippen molar-refractivity contribution in [2.45, 2.75) is 19.9 Å². The second kappa shape index (κ2) is 5.00. The highest BCUT2D eigenvalue weighted by molar-refractivity contribution is 7.71. The topological polar surface area (TPSA) is 58.5 Å². The van der Waals surface area contributed by atoms with Gasteiger partial charge in [0.05, 0.1) is 6.54 Å². The Morgan fingerprint density at radius 2 is 2.42 bits per heavy atom. The molecule has 0 unspecified atom stereocenters. The fraction of sp³-hybridized carbons (Fsp3) is 0.833. The van der Waals surface area contributed by atoms with Crippen molar-refractivity contribution >= 4 is 12.2 Å². The van der Waals surface area contributed by atoms with Crippen molar-refractivity contribution in [3.63, 3.8) is 0 Å². The summed E-state index contributed by atoms with van der Waals surface area (Å²) >= 11 is 4.89. The number of rotatable bonds is 5. The SMILES string of the molecule is CCCNCCn1[nH]nnc1=S. The Morgan fingerprint density at radius 1 is 1.58 bits per heavy atom. The van der Waals surface area contributed by atoms with Gasteiger partial charge in [0.1, 0.15) is 0 Å². The molecule has 1 heterocycles. The maximum atomic E-state index is 4.89. The molecule has 0 radical (unpaired) electrons. The fourth-order valence-corrected chi connectivity index (χ4v) is 1.03. The smallest absolute Gasteiger partial charge is 0.238 e. The zero-order valence-corrected chi connectivity index (χ0v) is 7.89. The predicted molar refractivity (Wildman–Crippen MR) is 48.4 cm³/mol. The molecule has 0 saturated carbocycles. The summed E-state index contributed by atoms with van der Waals surface area (Å²) in [6.45, 7) is 4.86. The highest BCUT2D eigenvalue weighted by Gasteiger charge is 1.92. The molecule has 0 aliphatic carbocycles. The quantitative estimate of drug-likeness (QED) is 0.515. The van der Waals surface area contributed by atoms with E-state index in [9.17, 15) is 0 Å².